The Bertz CT molecular complexity index is 823. The molecular weight excluding hydrogens is 368 g/mol. The number of hydrogen-bond donors (Lipinski definition) is 1. The fourth-order valence-electron chi connectivity index (χ4n) is 3.44. The van der Waals surface area contributed by atoms with Crippen molar-refractivity contribution in [3.8, 4) is 5.69 Å². The Hall–Kier alpha value is -2.38. The minimum atomic E-state index is -0.830. The first-order valence-corrected chi connectivity index (χ1v) is 9.34. The van der Waals surface area contributed by atoms with Crippen LogP contribution in [0, 0.1) is 0 Å². The van der Waals surface area contributed by atoms with Gasteiger partial charge in [-0.2, -0.15) is 5.10 Å². The van der Waals surface area contributed by atoms with E-state index in [9.17, 15) is 9.59 Å². The van der Waals surface area contributed by atoms with Gasteiger partial charge in [0.15, 0.2) is 0 Å². The number of likely N-dealkylation sites (N-methyl/N-ethyl adjacent to an activating group) is 1. The van der Waals surface area contributed by atoms with E-state index in [2.05, 4.69) is 5.10 Å². The number of carbonyl (C=O) groups is 2. The van der Waals surface area contributed by atoms with Gasteiger partial charge in [0, 0.05) is 30.4 Å². The van der Waals surface area contributed by atoms with Crippen molar-refractivity contribution in [3.63, 3.8) is 0 Å². The molecule has 0 saturated carbocycles. The molecule has 1 aliphatic heterocycles. The second kappa shape index (κ2) is 8.54. The number of nitrogens with zero attached hydrogens (tertiary/aromatic N) is 4. The van der Waals surface area contributed by atoms with Gasteiger partial charge in [0.25, 0.3) is 5.91 Å². The van der Waals surface area contributed by atoms with E-state index in [0.29, 0.717) is 23.7 Å². The molecule has 144 valence electrons. The van der Waals surface area contributed by atoms with Gasteiger partial charge in [-0.3, -0.25) is 14.5 Å². The number of rotatable bonds is 5. The standard InChI is InChI=1S/C19H23ClN4O3/c1-22(13-18(25)26)16-6-3-8-23(9-7-16)19(27)14-11-21-24(12-14)17-5-2-4-15(20)10-17/h2,4-5,10-12,16H,3,6-9,13H2,1H3,(H,25,26). The van der Waals surface area contributed by atoms with Crippen molar-refractivity contribution in [1.82, 2.24) is 19.6 Å². The number of halogens is 1. The van der Waals surface area contributed by atoms with E-state index in [1.807, 2.05) is 29.0 Å². The second-order valence-corrected chi connectivity index (χ2v) is 7.28. The third kappa shape index (κ3) is 4.87. The molecule has 1 atom stereocenters. The van der Waals surface area contributed by atoms with Crippen LogP contribution in [0.1, 0.15) is 29.6 Å². The first kappa shape index (κ1) is 19.4. The van der Waals surface area contributed by atoms with Gasteiger partial charge in [0.2, 0.25) is 0 Å². The average Bonchev–Trinajstić information content (AvgIpc) is 2.98. The van der Waals surface area contributed by atoms with E-state index >= 15 is 0 Å². The highest BCUT2D eigenvalue weighted by Crippen LogP contribution is 2.19. The molecule has 0 bridgehead atoms. The molecule has 1 N–H and O–H groups in total. The zero-order chi connectivity index (χ0) is 19.4. The molecule has 0 spiro atoms. The molecule has 0 radical (unpaired) electrons. The largest absolute Gasteiger partial charge is 0.480 e. The van der Waals surface area contributed by atoms with Crippen molar-refractivity contribution in [2.75, 3.05) is 26.7 Å². The summed E-state index contributed by atoms with van der Waals surface area (Å²) in [4.78, 5) is 27.5. The molecule has 0 aliphatic carbocycles. The maximum absolute atomic E-state index is 12.9. The van der Waals surface area contributed by atoms with E-state index in [4.69, 9.17) is 16.7 Å². The van der Waals surface area contributed by atoms with E-state index in [0.717, 1.165) is 24.9 Å². The van der Waals surface area contributed by atoms with Crippen molar-refractivity contribution in [2.45, 2.75) is 25.3 Å². The number of aromatic nitrogens is 2. The first-order valence-electron chi connectivity index (χ1n) is 8.96. The topological polar surface area (TPSA) is 78.7 Å². The van der Waals surface area contributed by atoms with Crippen LogP contribution in [0.3, 0.4) is 0 Å². The number of hydrogen-bond acceptors (Lipinski definition) is 4. The summed E-state index contributed by atoms with van der Waals surface area (Å²) in [6.45, 7) is 1.29. The van der Waals surface area contributed by atoms with Crippen LogP contribution in [-0.2, 0) is 4.79 Å². The van der Waals surface area contributed by atoms with Crippen LogP contribution in [0.15, 0.2) is 36.7 Å². The summed E-state index contributed by atoms with van der Waals surface area (Å²) >= 11 is 6.02. The molecule has 1 saturated heterocycles. The van der Waals surface area contributed by atoms with Crippen molar-refractivity contribution in [1.29, 1.82) is 0 Å². The fourth-order valence-corrected chi connectivity index (χ4v) is 3.63. The summed E-state index contributed by atoms with van der Waals surface area (Å²) in [5.74, 6) is -0.882. The number of carboxylic acid groups (broad SMARTS) is 1. The lowest BCUT2D eigenvalue weighted by atomic mass is 10.1. The van der Waals surface area contributed by atoms with Gasteiger partial charge in [-0.15, -0.1) is 0 Å². The normalized spacial score (nSPS) is 17.7. The number of benzene rings is 1. The Labute approximate surface area is 163 Å². The summed E-state index contributed by atoms with van der Waals surface area (Å²) in [6.07, 6.45) is 5.78. The highest BCUT2D eigenvalue weighted by atomic mass is 35.5. The summed E-state index contributed by atoms with van der Waals surface area (Å²) in [5.41, 5.74) is 1.33. The number of aliphatic carboxylic acids is 1. The maximum atomic E-state index is 12.9. The fraction of sp³-hybridized carbons (Fsp3) is 0.421. The first-order chi connectivity index (χ1) is 12.9. The van der Waals surface area contributed by atoms with Crippen LogP contribution >= 0.6 is 11.6 Å². The zero-order valence-electron chi connectivity index (χ0n) is 15.2. The molecule has 1 aromatic carbocycles. The van der Waals surface area contributed by atoms with Gasteiger partial charge >= 0.3 is 5.97 Å². The third-order valence-electron chi connectivity index (χ3n) is 4.90. The van der Waals surface area contributed by atoms with Crippen molar-refractivity contribution < 1.29 is 14.7 Å². The van der Waals surface area contributed by atoms with Crippen LogP contribution in [0.4, 0.5) is 0 Å². The molecule has 2 heterocycles. The van der Waals surface area contributed by atoms with Crippen molar-refractivity contribution in [3.05, 3.63) is 47.2 Å². The van der Waals surface area contributed by atoms with Crippen LogP contribution in [0.5, 0.6) is 0 Å². The van der Waals surface area contributed by atoms with Gasteiger partial charge in [-0.05, 0) is 44.5 Å². The van der Waals surface area contributed by atoms with Crippen molar-refractivity contribution >= 4 is 23.5 Å². The van der Waals surface area contributed by atoms with Gasteiger partial charge in [-0.1, -0.05) is 17.7 Å². The Morgan fingerprint density at radius 3 is 2.89 bits per heavy atom. The summed E-state index contributed by atoms with van der Waals surface area (Å²) in [5, 5.41) is 13.9. The lowest BCUT2D eigenvalue weighted by Gasteiger charge is -2.25. The number of carboxylic acids is 1. The van der Waals surface area contributed by atoms with E-state index < -0.39 is 5.97 Å². The van der Waals surface area contributed by atoms with Crippen LogP contribution < -0.4 is 0 Å². The molecular formula is C19H23ClN4O3. The van der Waals surface area contributed by atoms with Gasteiger partial charge in [0.05, 0.1) is 24.0 Å². The number of amides is 1. The predicted octanol–water partition coefficient (Wildman–Crippen LogP) is 2.54. The summed E-state index contributed by atoms with van der Waals surface area (Å²) in [7, 11) is 1.82. The number of likely N-dealkylation sites (tertiary alicyclic amines) is 1. The Morgan fingerprint density at radius 1 is 1.33 bits per heavy atom. The minimum absolute atomic E-state index is 0.0189. The highest BCUT2D eigenvalue weighted by molar-refractivity contribution is 6.30. The predicted molar refractivity (Wildman–Crippen MR) is 102 cm³/mol. The molecule has 8 heteroatoms. The third-order valence-corrected chi connectivity index (χ3v) is 5.13. The van der Waals surface area contributed by atoms with Gasteiger partial charge in [-0.25, -0.2) is 4.68 Å². The Kier molecular flexibility index (Phi) is 6.13. The van der Waals surface area contributed by atoms with Gasteiger partial charge < -0.3 is 10.0 Å². The molecule has 1 amide bonds. The monoisotopic (exact) mass is 390 g/mol. The molecule has 3 rings (SSSR count). The Morgan fingerprint density at radius 2 is 2.15 bits per heavy atom. The average molecular weight is 391 g/mol. The Balaban J connectivity index is 1.65. The van der Waals surface area contributed by atoms with Crippen molar-refractivity contribution in [2.24, 2.45) is 0 Å². The van der Waals surface area contributed by atoms with Gasteiger partial charge in [0.1, 0.15) is 0 Å². The summed E-state index contributed by atoms with van der Waals surface area (Å²) < 4.78 is 1.64. The van der Waals surface area contributed by atoms with Crippen LogP contribution in [0.2, 0.25) is 5.02 Å². The van der Waals surface area contributed by atoms with E-state index in [-0.39, 0.29) is 18.5 Å². The SMILES string of the molecule is CN(CC(=O)O)C1CCCN(C(=O)c2cnn(-c3cccc(Cl)c3)c2)CC1. The quantitative estimate of drug-likeness (QED) is 0.848. The molecule has 1 unspecified atom stereocenters. The smallest absolute Gasteiger partial charge is 0.317 e. The molecule has 1 aliphatic rings. The lowest BCUT2D eigenvalue weighted by Crippen LogP contribution is -2.37. The zero-order valence-corrected chi connectivity index (χ0v) is 16.0. The molecule has 7 nitrogen and oxygen atoms in total. The molecule has 27 heavy (non-hydrogen) atoms. The lowest BCUT2D eigenvalue weighted by molar-refractivity contribution is -0.138. The summed E-state index contributed by atoms with van der Waals surface area (Å²) in [6, 6.07) is 7.46. The second-order valence-electron chi connectivity index (χ2n) is 6.84. The van der Waals surface area contributed by atoms with Crippen LogP contribution in [0.25, 0.3) is 5.69 Å². The highest BCUT2D eigenvalue weighted by Gasteiger charge is 2.25. The number of carbonyl (C=O) groups excluding carboxylic acids is 1. The molecule has 2 aromatic rings. The molecule has 1 fully saturated rings. The van der Waals surface area contributed by atoms with E-state index in [1.165, 1.54) is 0 Å². The van der Waals surface area contributed by atoms with E-state index in [1.54, 1.807) is 29.2 Å². The maximum Gasteiger partial charge on any atom is 0.317 e. The molecule has 1 aromatic heterocycles. The minimum Gasteiger partial charge on any atom is -0.480 e. The van der Waals surface area contributed by atoms with Crippen LogP contribution in [-0.4, -0.2) is 69.3 Å².